The van der Waals surface area contributed by atoms with Crippen LogP contribution < -0.4 is 11.1 Å². The van der Waals surface area contributed by atoms with E-state index in [1.54, 1.807) is 31.1 Å². The molecule has 0 radical (unpaired) electrons. The number of aromatic amines is 1. The van der Waals surface area contributed by atoms with Crippen molar-refractivity contribution < 1.29 is 9.59 Å². The highest BCUT2D eigenvalue weighted by atomic mass is 35.5. The summed E-state index contributed by atoms with van der Waals surface area (Å²) in [4.78, 5) is 29.2. The summed E-state index contributed by atoms with van der Waals surface area (Å²) in [5, 5.41) is 4.57. The van der Waals surface area contributed by atoms with Gasteiger partial charge in [0.05, 0.1) is 0 Å². The number of aromatic nitrogens is 1. The molecule has 2 aromatic rings. The Morgan fingerprint density at radius 2 is 2.08 bits per heavy atom. The Bertz CT molecular complexity index is 817. The fraction of sp³-hybridized carbons (Fsp3) is 0.474. The van der Waals surface area contributed by atoms with Crippen LogP contribution in [0.2, 0.25) is 5.02 Å². The van der Waals surface area contributed by atoms with Crippen molar-refractivity contribution in [2.24, 2.45) is 11.7 Å². The van der Waals surface area contributed by atoms with Gasteiger partial charge in [-0.25, -0.2) is 0 Å². The van der Waals surface area contributed by atoms with Crippen LogP contribution in [0.15, 0.2) is 24.3 Å². The van der Waals surface area contributed by atoms with Gasteiger partial charge in [0.1, 0.15) is 5.69 Å². The first-order valence-corrected chi connectivity index (χ1v) is 9.26. The van der Waals surface area contributed by atoms with Gasteiger partial charge in [0, 0.05) is 48.5 Å². The van der Waals surface area contributed by atoms with Crippen LogP contribution in [-0.4, -0.2) is 47.9 Å². The zero-order chi connectivity index (χ0) is 18.8. The molecular weight excluding hydrogens is 352 g/mol. The monoisotopic (exact) mass is 376 g/mol. The second-order valence-corrected chi connectivity index (χ2v) is 7.77. The van der Waals surface area contributed by atoms with E-state index in [4.69, 9.17) is 17.3 Å². The molecule has 1 aromatic carbocycles. The maximum atomic E-state index is 12.6. The molecule has 4 N–H and O–H groups in total. The lowest BCUT2D eigenvalue weighted by Gasteiger charge is -2.34. The number of carbonyl (C=O) groups is 2. The summed E-state index contributed by atoms with van der Waals surface area (Å²) in [5.74, 6) is 0.241. The summed E-state index contributed by atoms with van der Waals surface area (Å²) >= 11 is 5.99. The minimum atomic E-state index is -0.166. The lowest BCUT2D eigenvalue weighted by Crippen LogP contribution is -2.51. The van der Waals surface area contributed by atoms with Crippen LogP contribution in [0, 0.1) is 5.92 Å². The van der Waals surface area contributed by atoms with E-state index in [0.29, 0.717) is 17.1 Å². The topological polar surface area (TPSA) is 91.2 Å². The Morgan fingerprint density at radius 3 is 2.77 bits per heavy atom. The highest BCUT2D eigenvalue weighted by Crippen LogP contribution is 2.27. The zero-order valence-electron chi connectivity index (χ0n) is 15.1. The van der Waals surface area contributed by atoms with Gasteiger partial charge in [0.15, 0.2) is 0 Å². The first-order chi connectivity index (χ1) is 12.3. The SMILES string of the molecule is CN(C)C(=O)C[C@H]1CC[C@@H](NC(=O)c2cc3cc(Cl)ccc3[nH]2)[C@@H](N)C1. The maximum Gasteiger partial charge on any atom is 0.268 e. The van der Waals surface area contributed by atoms with Gasteiger partial charge >= 0.3 is 0 Å². The first kappa shape index (κ1) is 18.7. The summed E-state index contributed by atoms with van der Waals surface area (Å²) in [7, 11) is 3.53. The Kier molecular flexibility index (Phi) is 5.53. The predicted molar refractivity (Wildman–Crippen MR) is 103 cm³/mol. The summed E-state index contributed by atoms with van der Waals surface area (Å²) in [6.45, 7) is 0. The van der Waals surface area contributed by atoms with Crippen LogP contribution in [0.3, 0.4) is 0 Å². The number of nitrogens with two attached hydrogens (primary N) is 1. The fourth-order valence-electron chi connectivity index (χ4n) is 3.56. The van der Waals surface area contributed by atoms with Crippen LogP contribution in [0.4, 0.5) is 0 Å². The molecule has 1 aliphatic carbocycles. The Hall–Kier alpha value is -2.05. The number of halogens is 1. The smallest absolute Gasteiger partial charge is 0.268 e. The molecule has 26 heavy (non-hydrogen) atoms. The molecule has 1 fully saturated rings. The number of nitrogens with zero attached hydrogens (tertiary/aromatic N) is 1. The molecule has 140 valence electrons. The Balaban J connectivity index is 1.60. The highest BCUT2D eigenvalue weighted by molar-refractivity contribution is 6.31. The van der Waals surface area contributed by atoms with Crippen LogP contribution in [0.5, 0.6) is 0 Å². The van der Waals surface area contributed by atoms with Crippen molar-refractivity contribution in [1.82, 2.24) is 15.2 Å². The predicted octanol–water partition coefficient (Wildman–Crippen LogP) is 2.53. The van der Waals surface area contributed by atoms with Crippen molar-refractivity contribution in [2.75, 3.05) is 14.1 Å². The molecule has 7 heteroatoms. The minimum absolute atomic E-state index is 0.0804. The number of carbonyl (C=O) groups excluding carboxylic acids is 2. The third-order valence-electron chi connectivity index (χ3n) is 5.11. The number of hydrogen-bond donors (Lipinski definition) is 3. The normalized spacial score (nSPS) is 23.0. The van der Waals surface area contributed by atoms with E-state index in [0.717, 1.165) is 30.2 Å². The van der Waals surface area contributed by atoms with E-state index in [1.165, 1.54) is 0 Å². The summed E-state index contributed by atoms with van der Waals surface area (Å²) < 4.78 is 0. The molecule has 6 nitrogen and oxygen atoms in total. The molecular formula is C19H25ClN4O2. The summed E-state index contributed by atoms with van der Waals surface area (Å²) in [5.41, 5.74) is 7.64. The van der Waals surface area contributed by atoms with Gasteiger partial charge < -0.3 is 20.9 Å². The second kappa shape index (κ2) is 7.68. The quantitative estimate of drug-likeness (QED) is 0.765. The van der Waals surface area contributed by atoms with Crippen molar-refractivity contribution in [3.8, 4) is 0 Å². The zero-order valence-corrected chi connectivity index (χ0v) is 15.8. The van der Waals surface area contributed by atoms with Crippen molar-refractivity contribution in [1.29, 1.82) is 0 Å². The average Bonchev–Trinajstić information content (AvgIpc) is 3.00. The number of benzene rings is 1. The van der Waals surface area contributed by atoms with Gasteiger partial charge in [0.25, 0.3) is 5.91 Å². The van der Waals surface area contributed by atoms with E-state index in [1.807, 2.05) is 12.1 Å². The molecule has 0 spiro atoms. The van der Waals surface area contributed by atoms with Crippen molar-refractivity contribution >= 4 is 34.3 Å². The number of fused-ring (bicyclic) bond motifs is 1. The summed E-state index contributed by atoms with van der Waals surface area (Å²) in [6, 6.07) is 7.03. The average molecular weight is 377 g/mol. The van der Waals surface area contributed by atoms with Gasteiger partial charge in [-0.2, -0.15) is 0 Å². The van der Waals surface area contributed by atoms with Crippen LogP contribution in [-0.2, 0) is 4.79 Å². The van der Waals surface area contributed by atoms with Crippen molar-refractivity contribution in [3.63, 3.8) is 0 Å². The highest BCUT2D eigenvalue weighted by Gasteiger charge is 2.30. The number of rotatable bonds is 4. The number of amides is 2. The third kappa shape index (κ3) is 4.19. The molecule has 1 saturated carbocycles. The lowest BCUT2D eigenvalue weighted by molar-refractivity contribution is -0.130. The van der Waals surface area contributed by atoms with Crippen molar-refractivity contribution in [3.05, 3.63) is 35.0 Å². The van der Waals surface area contributed by atoms with Gasteiger partial charge in [0.2, 0.25) is 5.91 Å². The first-order valence-electron chi connectivity index (χ1n) is 8.88. The molecule has 0 unspecified atom stereocenters. The molecule has 0 saturated heterocycles. The summed E-state index contributed by atoms with van der Waals surface area (Å²) in [6.07, 6.45) is 2.93. The molecule has 1 aliphatic rings. The van der Waals surface area contributed by atoms with E-state index < -0.39 is 0 Å². The molecule has 0 bridgehead atoms. The number of hydrogen-bond acceptors (Lipinski definition) is 3. The lowest BCUT2D eigenvalue weighted by atomic mass is 9.81. The standard InChI is InChI=1S/C19H25ClN4O2/c1-24(2)18(25)8-11-3-5-16(14(21)7-11)23-19(26)17-10-12-9-13(20)4-6-15(12)22-17/h4,6,9-11,14,16,22H,3,5,7-8,21H2,1-2H3,(H,23,26)/t11-,14-,16+/m0/s1. The fourth-order valence-corrected chi connectivity index (χ4v) is 3.74. The molecule has 0 aliphatic heterocycles. The molecule has 2 amide bonds. The van der Waals surface area contributed by atoms with E-state index in [9.17, 15) is 9.59 Å². The second-order valence-electron chi connectivity index (χ2n) is 7.33. The van der Waals surface area contributed by atoms with Crippen LogP contribution >= 0.6 is 11.6 Å². The Morgan fingerprint density at radius 1 is 1.31 bits per heavy atom. The molecule has 1 heterocycles. The number of H-pyrrole nitrogens is 1. The van der Waals surface area contributed by atoms with E-state index in [2.05, 4.69) is 10.3 Å². The van der Waals surface area contributed by atoms with Gasteiger partial charge in [-0.05, 0) is 49.4 Å². The van der Waals surface area contributed by atoms with Gasteiger partial charge in [-0.15, -0.1) is 0 Å². The molecule has 1 aromatic heterocycles. The van der Waals surface area contributed by atoms with E-state index in [-0.39, 0.29) is 29.8 Å². The van der Waals surface area contributed by atoms with Gasteiger partial charge in [-0.1, -0.05) is 11.6 Å². The van der Waals surface area contributed by atoms with E-state index >= 15 is 0 Å². The van der Waals surface area contributed by atoms with Crippen LogP contribution in [0.1, 0.15) is 36.2 Å². The van der Waals surface area contributed by atoms with Crippen LogP contribution in [0.25, 0.3) is 10.9 Å². The third-order valence-corrected chi connectivity index (χ3v) is 5.35. The number of nitrogens with one attached hydrogen (secondary N) is 2. The maximum absolute atomic E-state index is 12.6. The van der Waals surface area contributed by atoms with Crippen molar-refractivity contribution in [2.45, 2.75) is 37.8 Å². The minimum Gasteiger partial charge on any atom is -0.351 e. The van der Waals surface area contributed by atoms with Gasteiger partial charge in [-0.3, -0.25) is 9.59 Å². The Labute approximate surface area is 158 Å². The largest absolute Gasteiger partial charge is 0.351 e. The molecule has 3 atom stereocenters. The molecule has 3 rings (SSSR count).